The summed E-state index contributed by atoms with van der Waals surface area (Å²) in [7, 11) is 0. The zero-order chi connectivity index (χ0) is 15.0. The fraction of sp³-hybridized carbons (Fsp3) is 0.286. The van der Waals surface area contributed by atoms with Crippen LogP contribution in [0.25, 0.3) is 0 Å². The molecule has 0 aromatic heterocycles. The molecule has 0 fully saturated rings. The number of allylic oxidation sites excluding steroid dienone is 1. The average Bonchev–Trinajstić information content (AvgIpc) is 2.45. The van der Waals surface area contributed by atoms with E-state index in [2.05, 4.69) is 0 Å². The molecule has 0 aliphatic heterocycles. The van der Waals surface area contributed by atoms with Gasteiger partial charge >= 0.3 is 11.9 Å². The number of aromatic carboxylic acids is 1. The van der Waals surface area contributed by atoms with Crippen LogP contribution in [0.1, 0.15) is 27.6 Å². The molecule has 1 unspecified atom stereocenters. The normalized spacial score (nSPS) is 12.1. The second-order valence-electron chi connectivity index (χ2n) is 3.91. The van der Waals surface area contributed by atoms with Crippen molar-refractivity contribution in [3.05, 3.63) is 47.7 Å². The second kappa shape index (κ2) is 7.96. The maximum Gasteiger partial charge on any atom is 0.339 e. The van der Waals surface area contributed by atoms with E-state index < -0.39 is 18.0 Å². The van der Waals surface area contributed by atoms with Gasteiger partial charge in [0.1, 0.15) is 19.3 Å². The predicted molar refractivity (Wildman–Crippen MR) is 70.5 cm³/mol. The Hall–Kier alpha value is -2.34. The van der Waals surface area contributed by atoms with E-state index in [1.54, 1.807) is 13.0 Å². The summed E-state index contributed by atoms with van der Waals surface area (Å²) in [6.07, 6.45) is 2.08. The third-order valence-electron chi connectivity index (χ3n) is 2.31. The molecule has 2 N–H and O–H groups in total. The zero-order valence-corrected chi connectivity index (χ0v) is 11.0. The van der Waals surface area contributed by atoms with Gasteiger partial charge < -0.3 is 19.7 Å². The Bertz CT molecular complexity index is 494. The highest BCUT2D eigenvalue weighted by Gasteiger charge is 2.18. The highest BCUT2D eigenvalue weighted by molar-refractivity contribution is 6.02. The fourth-order valence-electron chi connectivity index (χ4n) is 1.41. The summed E-state index contributed by atoms with van der Waals surface area (Å²) < 4.78 is 9.78. The van der Waals surface area contributed by atoms with Crippen LogP contribution in [0.2, 0.25) is 0 Å². The Morgan fingerprint density at radius 2 is 1.90 bits per heavy atom. The number of rotatable bonds is 7. The molecule has 0 bridgehead atoms. The van der Waals surface area contributed by atoms with Crippen LogP contribution in [0.15, 0.2) is 36.6 Å². The lowest BCUT2D eigenvalue weighted by molar-refractivity contribution is 0.00633. The van der Waals surface area contributed by atoms with Gasteiger partial charge in [-0.3, -0.25) is 0 Å². The molecule has 0 aliphatic carbocycles. The lowest BCUT2D eigenvalue weighted by atomic mass is 10.1. The quantitative estimate of drug-likeness (QED) is 0.580. The van der Waals surface area contributed by atoms with E-state index in [9.17, 15) is 14.7 Å². The van der Waals surface area contributed by atoms with Crippen LogP contribution in [0, 0.1) is 0 Å². The van der Waals surface area contributed by atoms with E-state index in [0.29, 0.717) is 0 Å². The van der Waals surface area contributed by atoms with Crippen molar-refractivity contribution in [2.75, 3.05) is 13.2 Å². The Labute approximate surface area is 116 Å². The first-order valence-corrected chi connectivity index (χ1v) is 5.96. The van der Waals surface area contributed by atoms with E-state index in [4.69, 9.17) is 14.6 Å². The van der Waals surface area contributed by atoms with Crippen molar-refractivity contribution in [3.63, 3.8) is 0 Å². The van der Waals surface area contributed by atoms with Crippen LogP contribution in [0.4, 0.5) is 0 Å². The Balaban J connectivity index is 2.57. The Morgan fingerprint density at radius 3 is 2.50 bits per heavy atom. The number of carboxylic acid groups (broad SMARTS) is 1. The van der Waals surface area contributed by atoms with Gasteiger partial charge in [-0.05, 0) is 19.1 Å². The summed E-state index contributed by atoms with van der Waals surface area (Å²) in [6.45, 7) is 1.47. The Morgan fingerprint density at radius 1 is 1.25 bits per heavy atom. The number of hydrogen-bond acceptors (Lipinski definition) is 5. The SMILES string of the molecule is CC=COCC(O)COC(=O)c1ccccc1C(=O)O. The number of carbonyl (C=O) groups is 2. The lowest BCUT2D eigenvalue weighted by Crippen LogP contribution is -2.23. The molecule has 1 rings (SSSR count). The molecule has 0 saturated heterocycles. The maximum atomic E-state index is 11.8. The molecular weight excluding hydrogens is 264 g/mol. The molecule has 1 aromatic carbocycles. The minimum absolute atomic E-state index is 0.0157. The first-order valence-electron chi connectivity index (χ1n) is 5.96. The standard InChI is InChI=1S/C14H16O6/c1-2-7-19-8-10(15)9-20-14(18)12-6-4-3-5-11(12)13(16)17/h2-7,10,15H,8-9H2,1H3,(H,16,17). The highest BCUT2D eigenvalue weighted by atomic mass is 16.5. The minimum atomic E-state index is -1.21. The third kappa shape index (κ3) is 4.74. The summed E-state index contributed by atoms with van der Waals surface area (Å²) in [6, 6.07) is 5.72. The number of carbonyl (C=O) groups excluding carboxylic acids is 1. The average molecular weight is 280 g/mol. The van der Waals surface area contributed by atoms with Crippen LogP contribution in [0.5, 0.6) is 0 Å². The molecular formula is C14H16O6. The van der Waals surface area contributed by atoms with Crippen molar-refractivity contribution in [1.29, 1.82) is 0 Å². The molecule has 20 heavy (non-hydrogen) atoms. The molecule has 6 nitrogen and oxygen atoms in total. The molecule has 0 heterocycles. The summed E-state index contributed by atoms with van der Waals surface area (Å²) in [5.41, 5.74) is -0.196. The van der Waals surface area contributed by atoms with E-state index in [1.165, 1.54) is 30.5 Å². The first kappa shape index (κ1) is 15.7. The van der Waals surface area contributed by atoms with Gasteiger partial charge in [0.25, 0.3) is 0 Å². The summed E-state index contributed by atoms with van der Waals surface area (Å²) in [5.74, 6) is -2.01. The summed E-state index contributed by atoms with van der Waals surface area (Å²) in [4.78, 5) is 22.7. The number of aliphatic hydroxyl groups excluding tert-OH is 1. The topological polar surface area (TPSA) is 93.1 Å². The van der Waals surface area contributed by atoms with E-state index in [-0.39, 0.29) is 24.3 Å². The summed E-state index contributed by atoms with van der Waals surface area (Å²) in [5, 5.41) is 18.4. The molecule has 0 radical (unpaired) electrons. The van der Waals surface area contributed by atoms with Gasteiger partial charge in [-0.15, -0.1) is 0 Å². The van der Waals surface area contributed by atoms with Gasteiger partial charge in [-0.1, -0.05) is 18.2 Å². The lowest BCUT2D eigenvalue weighted by Gasteiger charge is -2.11. The minimum Gasteiger partial charge on any atom is -0.499 e. The zero-order valence-electron chi connectivity index (χ0n) is 11.0. The summed E-state index contributed by atoms with van der Waals surface area (Å²) >= 11 is 0. The van der Waals surface area contributed by atoms with Crippen LogP contribution in [-0.2, 0) is 9.47 Å². The van der Waals surface area contributed by atoms with E-state index in [1.807, 2.05) is 0 Å². The fourth-order valence-corrected chi connectivity index (χ4v) is 1.41. The van der Waals surface area contributed by atoms with Gasteiger partial charge in [0.2, 0.25) is 0 Å². The van der Waals surface area contributed by atoms with Gasteiger partial charge in [-0.25, -0.2) is 9.59 Å². The first-order chi connectivity index (χ1) is 9.56. The predicted octanol–water partition coefficient (Wildman–Crippen LogP) is 1.45. The molecule has 0 amide bonds. The number of benzene rings is 1. The molecule has 108 valence electrons. The number of aliphatic hydroxyl groups is 1. The largest absolute Gasteiger partial charge is 0.499 e. The van der Waals surface area contributed by atoms with Crippen molar-refractivity contribution in [3.8, 4) is 0 Å². The smallest absolute Gasteiger partial charge is 0.339 e. The molecule has 6 heteroatoms. The van der Waals surface area contributed by atoms with Gasteiger partial charge in [0, 0.05) is 0 Å². The van der Waals surface area contributed by atoms with Crippen LogP contribution >= 0.6 is 0 Å². The number of carboxylic acids is 1. The van der Waals surface area contributed by atoms with Crippen molar-refractivity contribution >= 4 is 11.9 Å². The van der Waals surface area contributed by atoms with Crippen molar-refractivity contribution < 1.29 is 29.3 Å². The third-order valence-corrected chi connectivity index (χ3v) is 2.31. The molecule has 1 atom stereocenters. The molecule has 0 saturated carbocycles. The van der Waals surface area contributed by atoms with Gasteiger partial charge in [0.05, 0.1) is 17.4 Å². The van der Waals surface area contributed by atoms with E-state index in [0.717, 1.165) is 0 Å². The maximum absolute atomic E-state index is 11.8. The molecule has 0 aliphatic rings. The number of hydrogen-bond donors (Lipinski definition) is 2. The van der Waals surface area contributed by atoms with Crippen molar-refractivity contribution in [1.82, 2.24) is 0 Å². The monoisotopic (exact) mass is 280 g/mol. The van der Waals surface area contributed by atoms with Crippen molar-refractivity contribution in [2.45, 2.75) is 13.0 Å². The van der Waals surface area contributed by atoms with Crippen LogP contribution in [0.3, 0.4) is 0 Å². The second-order valence-corrected chi connectivity index (χ2v) is 3.91. The molecule has 1 aromatic rings. The molecule has 0 spiro atoms. The Kier molecular flexibility index (Phi) is 6.25. The number of ether oxygens (including phenoxy) is 2. The van der Waals surface area contributed by atoms with Crippen LogP contribution in [-0.4, -0.2) is 41.5 Å². The van der Waals surface area contributed by atoms with Crippen molar-refractivity contribution in [2.24, 2.45) is 0 Å². The van der Waals surface area contributed by atoms with E-state index >= 15 is 0 Å². The number of esters is 1. The van der Waals surface area contributed by atoms with Gasteiger partial charge in [0.15, 0.2) is 0 Å². The highest BCUT2D eigenvalue weighted by Crippen LogP contribution is 2.10. The van der Waals surface area contributed by atoms with Crippen LogP contribution < -0.4 is 0 Å². The van der Waals surface area contributed by atoms with Gasteiger partial charge in [-0.2, -0.15) is 0 Å².